The number of carbonyl (C=O) groups excluding carboxylic acids is 1. The molecule has 3 atom stereocenters. The van der Waals surface area contributed by atoms with Gasteiger partial charge >= 0.3 is 5.97 Å². The zero-order valence-corrected chi connectivity index (χ0v) is 12.4. The summed E-state index contributed by atoms with van der Waals surface area (Å²) in [6.07, 6.45) is 6.10. The van der Waals surface area contributed by atoms with Crippen molar-refractivity contribution >= 4 is 27.8 Å². The quantitative estimate of drug-likeness (QED) is 0.897. The van der Waals surface area contributed by atoms with Gasteiger partial charge in [-0.3, -0.25) is 9.78 Å². The SMILES string of the molecule is O=C(O)C1C2CCCC2CN1C(=O)c1ccncc1Br. The average Bonchev–Trinajstić information content (AvgIpc) is 2.97. The first kappa shape index (κ1) is 13.5. The fourth-order valence-electron chi connectivity index (χ4n) is 3.53. The van der Waals surface area contributed by atoms with E-state index in [1.165, 1.54) is 4.90 Å². The Hall–Kier alpha value is -1.43. The van der Waals surface area contributed by atoms with Crippen LogP contribution in [0.1, 0.15) is 29.6 Å². The summed E-state index contributed by atoms with van der Waals surface area (Å²) in [5.41, 5.74) is 0.478. The first-order chi connectivity index (χ1) is 9.59. The van der Waals surface area contributed by atoms with Crippen LogP contribution in [0.4, 0.5) is 0 Å². The van der Waals surface area contributed by atoms with Crippen LogP contribution in [0.25, 0.3) is 0 Å². The highest BCUT2D eigenvalue weighted by Gasteiger charge is 2.49. The lowest BCUT2D eigenvalue weighted by molar-refractivity contribution is -0.142. The van der Waals surface area contributed by atoms with E-state index >= 15 is 0 Å². The molecule has 0 spiro atoms. The molecule has 1 aliphatic heterocycles. The number of carbonyl (C=O) groups is 2. The van der Waals surface area contributed by atoms with Crippen LogP contribution in [0.5, 0.6) is 0 Å². The Morgan fingerprint density at radius 3 is 2.90 bits per heavy atom. The highest BCUT2D eigenvalue weighted by Crippen LogP contribution is 2.42. The maximum atomic E-state index is 12.6. The number of aliphatic carboxylic acids is 1. The van der Waals surface area contributed by atoms with Gasteiger partial charge in [-0.25, -0.2) is 4.79 Å². The summed E-state index contributed by atoms with van der Waals surface area (Å²) in [5, 5.41) is 9.48. The summed E-state index contributed by atoms with van der Waals surface area (Å²) in [7, 11) is 0. The topological polar surface area (TPSA) is 70.5 Å². The van der Waals surface area contributed by atoms with Crippen LogP contribution in [0, 0.1) is 11.8 Å². The summed E-state index contributed by atoms with van der Waals surface area (Å²) in [4.78, 5) is 29.6. The molecule has 1 aromatic rings. The zero-order chi connectivity index (χ0) is 14.3. The minimum absolute atomic E-state index is 0.108. The van der Waals surface area contributed by atoms with E-state index in [0.717, 1.165) is 19.3 Å². The molecule has 3 rings (SSSR count). The van der Waals surface area contributed by atoms with Gasteiger partial charge in [0.1, 0.15) is 6.04 Å². The first-order valence-electron chi connectivity index (χ1n) is 6.73. The van der Waals surface area contributed by atoms with Gasteiger partial charge in [0.05, 0.1) is 5.56 Å². The molecular weight excluding hydrogens is 324 g/mol. The monoisotopic (exact) mass is 338 g/mol. The number of rotatable bonds is 2. The molecule has 2 heterocycles. The Morgan fingerprint density at radius 1 is 1.40 bits per heavy atom. The van der Waals surface area contributed by atoms with Crippen LogP contribution in [-0.2, 0) is 4.79 Å². The minimum atomic E-state index is -0.891. The second kappa shape index (κ2) is 5.16. The largest absolute Gasteiger partial charge is 0.480 e. The molecule has 1 saturated carbocycles. The van der Waals surface area contributed by atoms with Gasteiger partial charge in [-0.15, -0.1) is 0 Å². The summed E-state index contributed by atoms with van der Waals surface area (Å²) in [6.45, 7) is 0.551. The van der Waals surface area contributed by atoms with Crippen LogP contribution >= 0.6 is 15.9 Å². The van der Waals surface area contributed by atoms with Crippen molar-refractivity contribution in [3.05, 3.63) is 28.5 Å². The molecule has 2 fully saturated rings. The number of fused-ring (bicyclic) bond motifs is 1. The van der Waals surface area contributed by atoms with Gasteiger partial charge in [0, 0.05) is 23.4 Å². The lowest BCUT2D eigenvalue weighted by atomic mass is 9.94. The standard InChI is InChI=1S/C14H15BrN2O3/c15-11-6-16-5-4-10(11)13(18)17-7-8-2-1-3-9(8)12(17)14(19)20/h4-6,8-9,12H,1-3,7H2,(H,19,20). The van der Waals surface area contributed by atoms with Gasteiger partial charge in [-0.2, -0.15) is 0 Å². The van der Waals surface area contributed by atoms with Crippen molar-refractivity contribution in [2.24, 2.45) is 11.8 Å². The number of likely N-dealkylation sites (tertiary alicyclic amines) is 1. The molecule has 20 heavy (non-hydrogen) atoms. The fourth-order valence-corrected chi connectivity index (χ4v) is 3.95. The van der Waals surface area contributed by atoms with Crippen LogP contribution < -0.4 is 0 Å². The predicted octanol–water partition coefficient (Wildman–Crippen LogP) is 2.17. The molecule has 1 saturated heterocycles. The van der Waals surface area contributed by atoms with Crippen molar-refractivity contribution < 1.29 is 14.7 Å². The number of carboxylic acids is 1. The number of hydrogen-bond donors (Lipinski definition) is 1. The molecule has 1 amide bonds. The van der Waals surface area contributed by atoms with Crippen molar-refractivity contribution in [3.8, 4) is 0 Å². The normalized spacial score (nSPS) is 28.4. The van der Waals surface area contributed by atoms with Gasteiger partial charge < -0.3 is 10.0 Å². The van der Waals surface area contributed by atoms with E-state index in [2.05, 4.69) is 20.9 Å². The highest BCUT2D eigenvalue weighted by atomic mass is 79.9. The van der Waals surface area contributed by atoms with E-state index in [9.17, 15) is 14.7 Å². The van der Waals surface area contributed by atoms with Crippen molar-refractivity contribution in [1.82, 2.24) is 9.88 Å². The summed E-state index contributed by atoms with van der Waals surface area (Å²) < 4.78 is 0.603. The summed E-state index contributed by atoms with van der Waals surface area (Å²) >= 11 is 3.30. The van der Waals surface area contributed by atoms with Crippen molar-refractivity contribution in [3.63, 3.8) is 0 Å². The third-order valence-electron chi connectivity index (χ3n) is 4.41. The maximum absolute atomic E-state index is 12.6. The van der Waals surface area contributed by atoms with Gasteiger partial charge in [-0.1, -0.05) is 6.42 Å². The summed E-state index contributed by atoms with van der Waals surface area (Å²) in [5.74, 6) is -0.670. The number of halogens is 1. The third-order valence-corrected chi connectivity index (χ3v) is 5.04. The maximum Gasteiger partial charge on any atom is 0.326 e. The molecular formula is C14H15BrN2O3. The molecule has 1 aliphatic carbocycles. The van der Waals surface area contributed by atoms with Crippen LogP contribution in [-0.4, -0.2) is 39.5 Å². The third kappa shape index (κ3) is 2.12. The predicted molar refractivity (Wildman–Crippen MR) is 75.2 cm³/mol. The van der Waals surface area contributed by atoms with Crippen LogP contribution in [0.15, 0.2) is 22.9 Å². The Morgan fingerprint density at radius 2 is 2.20 bits per heavy atom. The molecule has 2 aliphatic rings. The van der Waals surface area contributed by atoms with Gasteiger partial charge in [-0.05, 0) is 46.7 Å². The molecule has 5 nitrogen and oxygen atoms in total. The Kier molecular flexibility index (Phi) is 3.50. The lowest BCUT2D eigenvalue weighted by Gasteiger charge is -2.24. The smallest absolute Gasteiger partial charge is 0.326 e. The number of pyridine rings is 1. The molecule has 1 aromatic heterocycles. The number of carboxylic acid groups (broad SMARTS) is 1. The van der Waals surface area contributed by atoms with Crippen molar-refractivity contribution in [1.29, 1.82) is 0 Å². The van der Waals surface area contributed by atoms with E-state index in [1.54, 1.807) is 18.5 Å². The number of hydrogen-bond acceptors (Lipinski definition) is 3. The van der Waals surface area contributed by atoms with Crippen LogP contribution in [0.3, 0.4) is 0 Å². The second-order valence-electron chi connectivity index (χ2n) is 5.45. The van der Waals surface area contributed by atoms with E-state index in [1.807, 2.05) is 0 Å². The average molecular weight is 339 g/mol. The van der Waals surface area contributed by atoms with Gasteiger partial charge in [0.25, 0.3) is 5.91 Å². The minimum Gasteiger partial charge on any atom is -0.480 e. The van der Waals surface area contributed by atoms with Crippen molar-refractivity contribution in [2.75, 3.05) is 6.54 Å². The fraction of sp³-hybridized carbons (Fsp3) is 0.500. The molecule has 106 valence electrons. The van der Waals surface area contributed by atoms with Gasteiger partial charge in [0.15, 0.2) is 0 Å². The van der Waals surface area contributed by atoms with Gasteiger partial charge in [0.2, 0.25) is 0 Å². The Balaban J connectivity index is 1.91. The molecule has 0 aromatic carbocycles. The Labute approximate surface area is 125 Å². The Bertz CT molecular complexity index is 563. The van der Waals surface area contributed by atoms with E-state index in [4.69, 9.17) is 0 Å². The van der Waals surface area contributed by atoms with Crippen LogP contribution in [0.2, 0.25) is 0 Å². The number of aromatic nitrogens is 1. The first-order valence-corrected chi connectivity index (χ1v) is 7.52. The highest BCUT2D eigenvalue weighted by molar-refractivity contribution is 9.10. The second-order valence-corrected chi connectivity index (χ2v) is 6.31. The van der Waals surface area contributed by atoms with E-state index < -0.39 is 12.0 Å². The zero-order valence-electron chi connectivity index (χ0n) is 10.8. The molecule has 3 unspecified atom stereocenters. The lowest BCUT2D eigenvalue weighted by Crippen LogP contribution is -2.43. The molecule has 1 N–H and O–H groups in total. The van der Waals surface area contributed by atoms with E-state index in [0.29, 0.717) is 22.5 Å². The number of nitrogens with zero attached hydrogens (tertiary/aromatic N) is 2. The molecule has 0 bridgehead atoms. The van der Waals surface area contributed by atoms with Crippen molar-refractivity contribution in [2.45, 2.75) is 25.3 Å². The molecule has 6 heteroatoms. The van der Waals surface area contributed by atoms with E-state index in [-0.39, 0.29) is 11.8 Å². The number of amides is 1. The molecule has 0 radical (unpaired) electrons. The summed E-state index contributed by atoms with van der Waals surface area (Å²) in [6, 6.07) is 0.939.